The molecule has 0 atom stereocenters. The van der Waals surface area contributed by atoms with Crippen LogP contribution in [0.25, 0.3) is 11.3 Å². The van der Waals surface area contributed by atoms with E-state index in [9.17, 15) is 0 Å². The minimum absolute atomic E-state index is 0.329. The molecule has 3 heterocycles. The smallest absolute Gasteiger partial charge is 0.222 e. The van der Waals surface area contributed by atoms with E-state index in [4.69, 9.17) is 5.73 Å². The lowest BCUT2D eigenvalue weighted by Crippen LogP contribution is -2.44. The summed E-state index contributed by atoms with van der Waals surface area (Å²) in [4.78, 5) is 16.0. The van der Waals surface area contributed by atoms with E-state index in [0.29, 0.717) is 12.0 Å². The molecule has 7 heteroatoms. The van der Waals surface area contributed by atoms with Crippen molar-refractivity contribution < 1.29 is 0 Å². The second-order valence-electron chi connectivity index (χ2n) is 8.66. The number of aromatic nitrogens is 2. The van der Waals surface area contributed by atoms with E-state index in [1.54, 1.807) is 0 Å². The normalized spacial score (nSPS) is 17.2. The fourth-order valence-corrected chi connectivity index (χ4v) is 4.17. The first-order valence-electron chi connectivity index (χ1n) is 10.8. The monoisotopic (exact) mass is 407 g/mol. The van der Waals surface area contributed by atoms with E-state index in [1.807, 2.05) is 0 Å². The van der Waals surface area contributed by atoms with Crippen molar-refractivity contribution in [3.63, 3.8) is 0 Å². The van der Waals surface area contributed by atoms with Gasteiger partial charge in [-0.2, -0.15) is 4.98 Å². The molecule has 3 N–H and O–H groups in total. The van der Waals surface area contributed by atoms with Crippen molar-refractivity contribution in [3.05, 3.63) is 47.8 Å². The minimum atomic E-state index is 0.329. The van der Waals surface area contributed by atoms with E-state index >= 15 is 0 Å². The molecular formula is C23H33N7. The zero-order chi connectivity index (χ0) is 21.3. The van der Waals surface area contributed by atoms with E-state index in [1.165, 1.54) is 11.1 Å². The predicted octanol–water partition coefficient (Wildman–Crippen LogP) is 2.30. The van der Waals surface area contributed by atoms with Crippen LogP contribution in [-0.4, -0.2) is 65.6 Å². The maximum Gasteiger partial charge on any atom is 0.222 e. The van der Waals surface area contributed by atoms with Gasteiger partial charge in [-0.05, 0) is 44.5 Å². The molecule has 0 bridgehead atoms. The molecule has 4 rings (SSSR count). The van der Waals surface area contributed by atoms with Crippen LogP contribution in [-0.2, 0) is 13.0 Å². The van der Waals surface area contributed by atoms with Crippen molar-refractivity contribution in [2.75, 3.05) is 50.4 Å². The first kappa shape index (κ1) is 20.5. The Morgan fingerprint density at radius 3 is 2.57 bits per heavy atom. The Morgan fingerprint density at radius 1 is 1.07 bits per heavy atom. The summed E-state index contributed by atoms with van der Waals surface area (Å²) in [6, 6.07) is 9.09. The second-order valence-corrected chi connectivity index (χ2v) is 8.66. The number of anilines is 2. The van der Waals surface area contributed by atoms with Gasteiger partial charge in [0.05, 0.1) is 11.5 Å². The molecule has 1 saturated heterocycles. The zero-order valence-electron chi connectivity index (χ0n) is 18.4. The molecule has 2 aliphatic heterocycles. The standard InChI is InChI=1S/C23H33N7/c1-16(2)25-17(3)30-8-7-18-5-6-19(13-20(18)15-30)21-14-22(27-23(24)26-21)29-11-9-28(4)10-12-29/h5-6,13-14,16,25H,3,7-12,15H2,1-2,4H3,(H2,24,26,27). The number of likely N-dealkylation sites (N-methyl/N-ethyl adjacent to an activating group) is 1. The SMILES string of the molecule is C=C(NC(C)C)N1CCc2ccc(-c3cc(N4CCN(C)CC4)nc(N)n3)cc2C1. The summed E-state index contributed by atoms with van der Waals surface area (Å²) in [5.41, 5.74) is 10.8. The Hall–Kier alpha value is -2.80. The van der Waals surface area contributed by atoms with Gasteiger partial charge in [0.1, 0.15) is 5.82 Å². The summed E-state index contributed by atoms with van der Waals surface area (Å²) in [7, 11) is 2.15. The summed E-state index contributed by atoms with van der Waals surface area (Å²) in [6.07, 6.45) is 1.02. The van der Waals surface area contributed by atoms with Crippen LogP contribution < -0.4 is 16.0 Å². The van der Waals surface area contributed by atoms with Crippen LogP contribution in [0.1, 0.15) is 25.0 Å². The van der Waals surface area contributed by atoms with Crippen LogP contribution in [0.2, 0.25) is 0 Å². The van der Waals surface area contributed by atoms with Gasteiger partial charge in [0.2, 0.25) is 5.95 Å². The van der Waals surface area contributed by atoms with Gasteiger partial charge in [0.25, 0.3) is 0 Å². The zero-order valence-corrected chi connectivity index (χ0v) is 18.4. The lowest BCUT2D eigenvalue weighted by Gasteiger charge is -2.34. The molecule has 1 fully saturated rings. The molecule has 0 aliphatic carbocycles. The summed E-state index contributed by atoms with van der Waals surface area (Å²) in [5.74, 6) is 2.24. The van der Waals surface area contributed by atoms with Gasteiger partial charge in [-0.3, -0.25) is 0 Å². The Bertz CT molecular complexity index is 916. The van der Waals surface area contributed by atoms with Crippen molar-refractivity contribution in [1.29, 1.82) is 0 Å². The molecular weight excluding hydrogens is 374 g/mol. The fraction of sp³-hybridized carbons (Fsp3) is 0.478. The van der Waals surface area contributed by atoms with Crippen molar-refractivity contribution in [2.24, 2.45) is 0 Å². The lowest BCUT2D eigenvalue weighted by atomic mass is 9.96. The van der Waals surface area contributed by atoms with Crippen LogP contribution in [0.15, 0.2) is 36.7 Å². The van der Waals surface area contributed by atoms with E-state index in [-0.39, 0.29) is 0 Å². The number of hydrogen-bond donors (Lipinski definition) is 2. The van der Waals surface area contributed by atoms with Crippen LogP contribution in [0, 0.1) is 0 Å². The average Bonchev–Trinajstić information content (AvgIpc) is 2.72. The highest BCUT2D eigenvalue weighted by Gasteiger charge is 2.20. The minimum Gasteiger partial charge on any atom is -0.370 e. The van der Waals surface area contributed by atoms with Gasteiger partial charge in [0, 0.05) is 56.9 Å². The van der Waals surface area contributed by atoms with Crippen LogP contribution in [0.3, 0.4) is 0 Å². The molecule has 0 radical (unpaired) electrons. The summed E-state index contributed by atoms with van der Waals surface area (Å²) in [5, 5.41) is 3.43. The Kier molecular flexibility index (Phi) is 5.81. The molecule has 7 nitrogen and oxygen atoms in total. The van der Waals surface area contributed by atoms with Gasteiger partial charge in [-0.1, -0.05) is 18.7 Å². The van der Waals surface area contributed by atoms with E-state index in [0.717, 1.165) is 68.6 Å². The van der Waals surface area contributed by atoms with Crippen LogP contribution in [0.4, 0.5) is 11.8 Å². The quantitative estimate of drug-likeness (QED) is 0.788. The molecule has 0 saturated carbocycles. The van der Waals surface area contributed by atoms with Gasteiger partial charge in [-0.15, -0.1) is 0 Å². The van der Waals surface area contributed by atoms with Crippen LogP contribution in [0.5, 0.6) is 0 Å². The number of hydrogen-bond acceptors (Lipinski definition) is 7. The molecule has 0 spiro atoms. The predicted molar refractivity (Wildman–Crippen MR) is 123 cm³/mol. The molecule has 0 amide bonds. The number of nitrogen functional groups attached to an aromatic ring is 1. The van der Waals surface area contributed by atoms with E-state index < -0.39 is 0 Å². The number of rotatable bonds is 5. The average molecular weight is 408 g/mol. The highest BCUT2D eigenvalue weighted by molar-refractivity contribution is 5.66. The molecule has 2 aliphatic rings. The Balaban J connectivity index is 1.57. The maximum absolute atomic E-state index is 6.09. The van der Waals surface area contributed by atoms with Crippen LogP contribution >= 0.6 is 0 Å². The number of fused-ring (bicyclic) bond motifs is 1. The van der Waals surface area contributed by atoms with Gasteiger partial charge >= 0.3 is 0 Å². The number of piperazine rings is 1. The van der Waals surface area contributed by atoms with Gasteiger partial charge in [0.15, 0.2) is 0 Å². The first-order chi connectivity index (χ1) is 14.4. The van der Waals surface area contributed by atoms with Gasteiger partial charge < -0.3 is 25.8 Å². The second kappa shape index (κ2) is 8.52. The summed E-state index contributed by atoms with van der Waals surface area (Å²) < 4.78 is 0. The van der Waals surface area contributed by atoms with E-state index in [2.05, 4.69) is 81.7 Å². The Morgan fingerprint density at radius 2 is 1.83 bits per heavy atom. The third kappa shape index (κ3) is 4.51. The topological polar surface area (TPSA) is 73.5 Å². The highest BCUT2D eigenvalue weighted by atomic mass is 15.3. The van der Waals surface area contributed by atoms with Crippen molar-refractivity contribution >= 4 is 11.8 Å². The molecule has 1 aromatic carbocycles. The lowest BCUT2D eigenvalue weighted by molar-refractivity contribution is 0.294. The number of nitrogens with one attached hydrogen (secondary N) is 1. The van der Waals surface area contributed by atoms with Crippen molar-refractivity contribution in [2.45, 2.75) is 32.9 Å². The summed E-state index contributed by atoms with van der Waals surface area (Å²) >= 11 is 0. The first-order valence-corrected chi connectivity index (χ1v) is 10.8. The molecule has 2 aromatic rings. The fourth-order valence-electron chi connectivity index (χ4n) is 4.17. The molecule has 0 unspecified atom stereocenters. The maximum atomic E-state index is 6.09. The van der Waals surface area contributed by atoms with Crippen molar-refractivity contribution in [1.82, 2.24) is 25.1 Å². The molecule has 1 aromatic heterocycles. The third-order valence-electron chi connectivity index (χ3n) is 5.91. The highest BCUT2D eigenvalue weighted by Crippen LogP contribution is 2.28. The number of nitrogens with zero attached hydrogens (tertiary/aromatic N) is 5. The number of benzene rings is 1. The number of nitrogens with two attached hydrogens (primary N) is 1. The summed E-state index contributed by atoms with van der Waals surface area (Å²) in [6.45, 7) is 14.3. The molecule has 30 heavy (non-hydrogen) atoms. The van der Waals surface area contributed by atoms with Crippen molar-refractivity contribution in [3.8, 4) is 11.3 Å². The third-order valence-corrected chi connectivity index (χ3v) is 5.91. The van der Waals surface area contributed by atoms with Gasteiger partial charge in [-0.25, -0.2) is 4.98 Å². The largest absolute Gasteiger partial charge is 0.370 e. The molecule has 160 valence electrons. The Labute approximate surface area is 179 Å².